The first-order chi connectivity index (χ1) is 11.8. The number of nitrogens with zero attached hydrogens (tertiary/aromatic N) is 3. The number of aryl methyl sites for hydroxylation is 1. The number of hydrogen-bond acceptors (Lipinski definition) is 3. The lowest BCUT2D eigenvalue weighted by atomic mass is 10.1. The highest BCUT2D eigenvalue weighted by Gasteiger charge is 2.43. The standard InChI is InChI=1S/C19H27N3O3/c1-5-14-8-6-7-9-16(14)22-13-15-12-20(10-11-21(15)17(22)23)18(24)25-19(2,3)4/h6-9,15H,5,10-13H2,1-4H3. The Morgan fingerprint density at radius 1 is 1.20 bits per heavy atom. The molecule has 0 aliphatic carbocycles. The van der Waals surface area contributed by atoms with Crippen LogP contribution in [0.5, 0.6) is 0 Å². The predicted octanol–water partition coefficient (Wildman–Crippen LogP) is 3.11. The van der Waals surface area contributed by atoms with Crippen molar-refractivity contribution in [2.24, 2.45) is 0 Å². The molecular weight excluding hydrogens is 318 g/mol. The molecule has 1 aromatic rings. The third-order valence-electron chi connectivity index (χ3n) is 4.67. The summed E-state index contributed by atoms with van der Waals surface area (Å²) in [5.41, 5.74) is 1.64. The van der Waals surface area contributed by atoms with Gasteiger partial charge in [0.1, 0.15) is 5.60 Å². The van der Waals surface area contributed by atoms with Gasteiger partial charge >= 0.3 is 12.1 Å². The second kappa shape index (κ2) is 6.58. The van der Waals surface area contributed by atoms with E-state index in [-0.39, 0.29) is 18.2 Å². The van der Waals surface area contributed by atoms with Crippen molar-refractivity contribution in [1.29, 1.82) is 0 Å². The summed E-state index contributed by atoms with van der Waals surface area (Å²) in [5.74, 6) is 0. The van der Waals surface area contributed by atoms with Gasteiger partial charge in [0.2, 0.25) is 0 Å². The number of rotatable bonds is 2. The molecule has 0 spiro atoms. The first-order valence-corrected chi connectivity index (χ1v) is 8.94. The molecule has 3 amide bonds. The second-order valence-electron chi connectivity index (χ2n) is 7.65. The maximum atomic E-state index is 12.8. The molecule has 0 N–H and O–H groups in total. The van der Waals surface area contributed by atoms with Crippen LogP contribution in [0, 0.1) is 0 Å². The van der Waals surface area contributed by atoms with Crippen LogP contribution in [-0.4, -0.2) is 59.7 Å². The minimum Gasteiger partial charge on any atom is -0.444 e. The van der Waals surface area contributed by atoms with Crippen molar-refractivity contribution in [3.05, 3.63) is 29.8 Å². The molecule has 1 unspecified atom stereocenters. The highest BCUT2D eigenvalue weighted by atomic mass is 16.6. The number of benzene rings is 1. The Morgan fingerprint density at radius 2 is 1.92 bits per heavy atom. The van der Waals surface area contributed by atoms with Crippen LogP contribution in [0.3, 0.4) is 0 Å². The van der Waals surface area contributed by atoms with E-state index < -0.39 is 5.60 Å². The van der Waals surface area contributed by atoms with Crippen molar-refractivity contribution < 1.29 is 14.3 Å². The van der Waals surface area contributed by atoms with Crippen molar-refractivity contribution in [2.45, 2.75) is 45.8 Å². The molecule has 25 heavy (non-hydrogen) atoms. The smallest absolute Gasteiger partial charge is 0.410 e. The van der Waals surface area contributed by atoms with Gasteiger partial charge in [-0.1, -0.05) is 25.1 Å². The Bertz CT molecular complexity index is 668. The first kappa shape index (κ1) is 17.6. The molecule has 6 nitrogen and oxygen atoms in total. The lowest BCUT2D eigenvalue weighted by molar-refractivity contribution is 0.0128. The van der Waals surface area contributed by atoms with Gasteiger partial charge in [-0.3, -0.25) is 4.90 Å². The zero-order chi connectivity index (χ0) is 18.2. The van der Waals surface area contributed by atoms with Crippen LogP contribution in [0.2, 0.25) is 0 Å². The average molecular weight is 345 g/mol. The summed E-state index contributed by atoms with van der Waals surface area (Å²) in [7, 11) is 0. The van der Waals surface area contributed by atoms with Crippen molar-refractivity contribution in [3.8, 4) is 0 Å². The molecule has 136 valence electrons. The molecule has 3 rings (SSSR count). The number of amides is 3. The quantitative estimate of drug-likeness (QED) is 0.827. The van der Waals surface area contributed by atoms with Crippen molar-refractivity contribution in [3.63, 3.8) is 0 Å². The number of piperazine rings is 1. The number of ether oxygens (including phenoxy) is 1. The maximum Gasteiger partial charge on any atom is 0.410 e. The summed E-state index contributed by atoms with van der Waals surface area (Å²) in [6.07, 6.45) is 0.585. The predicted molar refractivity (Wildman–Crippen MR) is 96.9 cm³/mol. The van der Waals surface area contributed by atoms with E-state index in [2.05, 4.69) is 13.0 Å². The highest BCUT2D eigenvalue weighted by molar-refractivity contribution is 5.95. The van der Waals surface area contributed by atoms with Crippen LogP contribution in [0.15, 0.2) is 24.3 Å². The van der Waals surface area contributed by atoms with Gasteiger partial charge in [0, 0.05) is 31.9 Å². The van der Waals surface area contributed by atoms with Gasteiger partial charge in [0.05, 0.1) is 6.04 Å². The number of carbonyl (C=O) groups is 2. The van der Waals surface area contributed by atoms with Gasteiger partial charge in [-0.05, 0) is 38.8 Å². The molecule has 2 aliphatic rings. The van der Waals surface area contributed by atoms with Crippen LogP contribution in [0.4, 0.5) is 15.3 Å². The highest BCUT2D eigenvalue weighted by Crippen LogP contribution is 2.29. The summed E-state index contributed by atoms with van der Waals surface area (Å²) < 4.78 is 5.47. The molecular formula is C19H27N3O3. The largest absolute Gasteiger partial charge is 0.444 e. The molecule has 2 aliphatic heterocycles. The third-order valence-corrected chi connectivity index (χ3v) is 4.67. The van der Waals surface area contributed by atoms with E-state index >= 15 is 0 Å². The maximum absolute atomic E-state index is 12.8. The Hall–Kier alpha value is -2.24. The monoisotopic (exact) mass is 345 g/mol. The zero-order valence-electron chi connectivity index (χ0n) is 15.5. The number of carbonyl (C=O) groups excluding carboxylic acids is 2. The van der Waals surface area contributed by atoms with E-state index in [4.69, 9.17) is 4.74 Å². The van der Waals surface area contributed by atoms with E-state index in [1.165, 1.54) is 5.56 Å². The topological polar surface area (TPSA) is 53.1 Å². The molecule has 0 aromatic heterocycles. The fourth-order valence-electron chi connectivity index (χ4n) is 3.47. The first-order valence-electron chi connectivity index (χ1n) is 8.94. The van der Waals surface area contributed by atoms with Gasteiger partial charge in [-0.25, -0.2) is 9.59 Å². The number of hydrogen-bond donors (Lipinski definition) is 0. The van der Waals surface area contributed by atoms with E-state index in [9.17, 15) is 9.59 Å². The number of para-hydroxylation sites is 1. The number of fused-ring (bicyclic) bond motifs is 1. The van der Waals surface area contributed by atoms with E-state index in [1.807, 2.05) is 48.8 Å². The van der Waals surface area contributed by atoms with Crippen LogP contribution in [-0.2, 0) is 11.2 Å². The summed E-state index contributed by atoms with van der Waals surface area (Å²) in [5, 5.41) is 0. The lowest BCUT2D eigenvalue weighted by Gasteiger charge is -2.36. The average Bonchev–Trinajstić information content (AvgIpc) is 2.89. The van der Waals surface area contributed by atoms with Gasteiger partial charge in [-0.15, -0.1) is 0 Å². The molecule has 0 radical (unpaired) electrons. The fraction of sp³-hybridized carbons (Fsp3) is 0.579. The van der Waals surface area contributed by atoms with Gasteiger partial charge in [0.15, 0.2) is 0 Å². The molecule has 2 fully saturated rings. The van der Waals surface area contributed by atoms with Crippen molar-refractivity contribution >= 4 is 17.8 Å². The van der Waals surface area contributed by atoms with Crippen molar-refractivity contribution in [1.82, 2.24) is 9.80 Å². The van der Waals surface area contributed by atoms with E-state index in [0.29, 0.717) is 26.2 Å². The van der Waals surface area contributed by atoms with Crippen LogP contribution >= 0.6 is 0 Å². The van der Waals surface area contributed by atoms with Crippen LogP contribution < -0.4 is 4.90 Å². The Balaban J connectivity index is 1.73. The molecule has 0 saturated carbocycles. The molecule has 1 atom stereocenters. The summed E-state index contributed by atoms with van der Waals surface area (Å²) in [6, 6.07) is 8.08. The SMILES string of the molecule is CCc1ccccc1N1CC2CN(C(=O)OC(C)(C)C)CCN2C1=O. The summed E-state index contributed by atoms with van der Waals surface area (Å²) in [4.78, 5) is 30.6. The molecule has 0 bridgehead atoms. The second-order valence-corrected chi connectivity index (χ2v) is 7.65. The fourth-order valence-corrected chi connectivity index (χ4v) is 3.47. The minimum atomic E-state index is -0.508. The number of anilines is 1. The Labute approximate surface area is 149 Å². The zero-order valence-corrected chi connectivity index (χ0v) is 15.5. The Morgan fingerprint density at radius 3 is 2.60 bits per heavy atom. The summed E-state index contributed by atoms with van der Waals surface area (Å²) in [6.45, 7) is 9.88. The normalized spacial score (nSPS) is 20.7. The minimum absolute atomic E-state index is 0.0127. The van der Waals surface area contributed by atoms with Gasteiger partial charge in [-0.2, -0.15) is 0 Å². The lowest BCUT2D eigenvalue weighted by Crippen LogP contribution is -2.54. The van der Waals surface area contributed by atoms with Gasteiger partial charge < -0.3 is 14.5 Å². The third kappa shape index (κ3) is 3.57. The molecule has 2 heterocycles. The Kier molecular flexibility index (Phi) is 4.62. The van der Waals surface area contributed by atoms with Crippen LogP contribution in [0.1, 0.15) is 33.3 Å². The van der Waals surface area contributed by atoms with E-state index in [0.717, 1.165) is 12.1 Å². The van der Waals surface area contributed by atoms with E-state index in [1.54, 1.807) is 4.90 Å². The van der Waals surface area contributed by atoms with Crippen molar-refractivity contribution in [2.75, 3.05) is 31.1 Å². The number of urea groups is 1. The van der Waals surface area contributed by atoms with Crippen LogP contribution in [0.25, 0.3) is 0 Å². The molecule has 2 saturated heterocycles. The molecule has 1 aromatic carbocycles. The summed E-state index contributed by atoms with van der Waals surface area (Å²) >= 11 is 0. The van der Waals surface area contributed by atoms with Gasteiger partial charge in [0.25, 0.3) is 0 Å². The molecule has 6 heteroatoms.